The summed E-state index contributed by atoms with van der Waals surface area (Å²) in [5, 5.41) is 8.59. The maximum atomic E-state index is 10.4. The van der Waals surface area contributed by atoms with Gasteiger partial charge < -0.3 is 9.84 Å². The number of carboxylic acids is 1. The van der Waals surface area contributed by atoms with Crippen LogP contribution in [0.4, 0.5) is 0 Å². The molecule has 0 aromatic carbocycles. The summed E-state index contributed by atoms with van der Waals surface area (Å²) in [5.74, 6) is -0.857. The van der Waals surface area contributed by atoms with E-state index in [0.29, 0.717) is 5.57 Å². The Morgan fingerprint density at radius 3 is 2.83 bits per heavy atom. The van der Waals surface area contributed by atoms with E-state index in [0.717, 1.165) is 25.9 Å². The lowest BCUT2D eigenvalue weighted by molar-refractivity contribution is -0.132. The molecule has 68 valence electrons. The van der Waals surface area contributed by atoms with Gasteiger partial charge in [0.05, 0.1) is 6.10 Å². The summed E-state index contributed by atoms with van der Waals surface area (Å²) in [7, 11) is 0. The Balaban J connectivity index is 2.47. The molecular weight excluding hydrogens is 156 g/mol. The van der Waals surface area contributed by atoms with Gasteiger partial charge in [-0.05, 0) is 32.3 Å². The highest BCUT2D eigenvalue weighted by Gasteiger charge is 2.12. The SMILES string of the molecule is CC(=C[C@@H]1CCCCO1)C(=O)O. The van der Waals surface area contributed by atoms with Crippen molar-refractivity contribution in [3.8, 4) is 0 Å². The average molecular weight is 170 g/mol. The number of aliphatic carboxylic acids is 1. The van der Waals surface area contributed by atoms with Crippen LogP contribution < -0.4 is 0 Å². The Morgan fingerprint density at radius 2 is 2.33 bits per heavy atom. The molecule has 0 spiro atoms. The molecule has 1 saturated heterocycles. The number of hydrogen-bond acceptors (Lipinski definition) is 2. The molecule has 0 aromatic rings. The van der Waals surface area contributed by atoms with Crippen molar-refractivity contribution in [2.24, 2.45) is 0 Å². The molecule has 0 bridgehead atoms. The third kappa shape index (κ3) is 2.66. The van der Waals surface area contributed by atoms with Crippen LogP contribution in [0.1, 0.15) is 26.2 Å². The average Bonchev–Trinajstić information content (AvgIpc) is 2.06. The fourth-order valence-electron chi connectivity index (χ4n) is 1.25. The number of carboxylic acid groups (broad SMARTS) is 1. The Labute approximate surface area is 72.0 Å². The van der Waals surface area contributed by atoms with Gasteiger partial charge in [0.2, 0.25) is 0 Å². The predicted molar refractivity (Wildman–Crippen MR) is 45.0 cm³/mol. The molecule has 0 aliphatic carbocycles. The molecule has 3 heteroatoms. The fraction of sp³-hybridized carbons (Fsp3) is 0.667. The summed E-state index contributed by atoms with van der Waals surface area (Å²) in [6, 6.07) is 0. The second-order valence-electron chi connectivity index (χ2n) is 3.06. The molecule has 0 amide bonds. The molecule has 12 heavy (non-hydrogen) atoms. The van der Waals surface area contributed by atoms with Gasteiger partial charge in [0, 0.05) is 12.2 Å². The minimum Gasteiger partial charge on any atom is -0.478 e. The number of hydrogen-bond donors (Lipinski definition) is 1. The largest absolute Gasteiger partial charge is 0.478 e. The third-order valence-corrected chi connectivity index (χ3v) is 1.99. The minimum atomic E-state index is -0.857. The molecule has 0 radical (unpaired) electrons. The van der Waals surface area contributed by atoms with Crippen LogP contribution in [0, 0.1) is 0 Å². The summed E-state index contributed by atoms with van der Waals surface area (Å²) in [6.45, 7) is 2.36. The topological polar surface area (TPSA) is 46.5 Å². The van der Waals surface area contributed by atoms with Gasteiger partial charge in [-0.2, -0.15) is 0 Å². The molecule has 0 saturated carbocycles. The lowest BCUT2D eigenvalue weighted by Gasteiger charge is -2.19. The van der Waals surface area contributed by atoms with Crippen LogP contribution in [0.5, 0.6) is 0 Å². The van der Waals surface area contributed by atoms with E-state index in [4.69, 9.17) is 9.84 Å². The zero-order valence-corrected chi connectivity index (χ0v) is 7.25. The number of ether oxygens (including phenoxy) is 1. The van der Waals surface area contributed by atoms with E-state index in [1.807, 2.05) is 0 Å². The number of rotatable bonds is 2. The molecule has 0 aromatic heterocycles. The molecule has 1 heterocycles. The van der Waals surface area contributed by atoms with Crippen LogP contribution in [0.3, 0.4) is 0 Å². The molecular formula is C9H14O3. The zero-order chi connectivity index (χ0) is 8.97. The second-order valence-corrected chi connectivity index (χ2v) is 3.06. The molecule has 1 N–H and O–H groups in total. The van der Waals surface area contributed by atoms with E-state index >= 15 is 0 Å². The van der Waals surface area contributed by atoms with Crippen molar-refractivity contribution >= 4 is 5.97 Å². The summed E-state index contributed by atoms with van der Waals surface area (Å²) in [5.41, 5.74) is 0.377. The van der Waals surface area contributed by atoms with Crippen molar-refractivity contribution in [2.75, 3.05) is 6.61 Å². The van der Waals surface area contributed by atoms with E-state index in [1.54, 1.807) is 13.0 Å². The van der Waals surface area contributed by atoms with Gasteiger partial charge in [-0.1, -0.05) is 0 Å². The Bertz CT molecular complexity index is 190. The van der Waals surface area contributed by atoms with Crippen molar-refractivity contribution < 1.29 is 14.6 Å². The molecule has 1 atom stereocenters. The molecule has 0 unspecified atom stereocenters. The van der Waals surface area contributed by atoms with Crippen molar-refractivity contribution in [1.29, 1.82) is 0 Å². The Morgan fingerprint density at radius 1 is 1.58 bits per heavy atom. The highest BCUT2D eigenvalue weighted by atomic mass is 16.5. The van der Waals surface area contributed by atoms with Gasteiger partial charge in [0.15, 0.2) is 0 Å². The fourth-order valence-corrected chi connectivity index (χ4v) is 1.25. The van der Waals surface area contributed by atoms with Gasteiger partial charge in [0.25, 0.3) is 0 Å². The Kier molecular flexibility index (Phi) is 3.29. The lowest BCUT2D eigenvalue weighted by Crippen LogP contribution is -2.17. The lowest BCUT2D eigenvalue weighted by atomic mass is 10.1. The zero-order valence-electron chi connectivity index (χ0n) is 7.25. The molecule has 1 aliphatic heterocycles. The van der Waals surface area contributed by atoms with Gasteiger partial charge in [-0.3, -0.25) is 0 Å². The van der Waals surface area contributed by atoms with Crippen LogP contribution in [-0.2, 0) is 9.53 Å². The first-order valence-corrected chi connectivity index (χ1v) is 4.23. The summed E-state index contributed by atoms with van der Waals surface area (Å²) >= 11 is 0. The van der Waals surface area contributed by atoms with E-state index in [2.05, 4.69) is 0 Å². The van der Waals surface area contributed by atoms with Crippen molar-refractivity contribution in [1.82, 2.24) is 0 Å². The molecule has 1 aliphatic rings. The first-order chi connectivity index (χ1) is 5.70. The quantitative estimate of drug-likeness (QED) is 0.640. The first-order valence-electron chi connectivity index (χ1n) is 4.23. The third-order valence-electron chi connectivity index (χ3n) is 1.99. The maximum absolute atomic E-state index is 10.4. The van der Waals surface area contributed by atoms with Crippen LogP contribution in [0.15, 0.2) is 11.6 Å². The Hall–Kier alpha value is -0.830. The van der Waals surface area contributed by atoms with Gasteiger partial charge in [-0.15, -0.1) is 0 Å². The van der Waals surface area contributed by atoms with Gasteiger partial charge >= 0.3 is 5.97 Å². The standard InChI is InChI=1S/C9H14O3/c1-7(9(10)11)6-8-4-2-3-5-12-8/h6,8H,2-5H2,1H3,(H,10,11)/t8-/m0/s1. The monoisotopic (exact) mass is 170 g/mol. The van der Waals surface area contributed by atoms with Crippen LogP contribution in [0.2, 0.25) is 0 Å². The van der Waals surface area contributed by atoms with E-state index in [9.17, 15) is 4.79 Å². The second kappa shape index (κ2) is 4.26. The first kappa shape index (κ1) is 9.26. The van der Waals surface area contributed by atoms with Gasteiger partial charge in [-0.25, -0.2) is 4.79 Å². The summed E-state index contributed by atoms with van der Waals surface area (Å²) in [4.78, 5) is 10.4. The van der Waals surface area contributed by atoms with E-state index in [-0.39, 0.29) is 6.10 Å². The highest BCUT2D eigenvalue weighted by Crippen LogP contribution is 2.14. The van der Waals surface area contributed by atoms with Crippen molar-refractivity contribution in [3.05, 3.63) is 11.6 Å². The summed E-state index contributed by atoms with van der Waals surface area (Å²) < 4.78 is 5.36. The maximum Gasteiger partial charge on any atom is 0.331 e. The van der Waals surface area contributed by atoms with Gasteiger partial charge in [0.1, 0.15) is 0 Å². The van der Waals surface area contributed by atoms with E-state index < -0.39 is 5.97 Å². The van der Waals surface area contributed by atoms with Crippen LogP contribution >= 0.6 is 0 Å². The van der Waals surface area contributed by atoms with Crippen molar-refractivity contribution in [2.45, 2.75) is 32.3 Å². The normalized spacial score (nSPS) is 25.4. The van der Waals surface area contributed by atoms with E-state index in [1.165, 1.54) is 0 Å². The molecule has 3 nitrogen and oxygen atoms in total. The van der Waals surface area contributed by atoms with Crippen LogP contribution in [-0.4, -0.2) is 23.8 Å². The minimum absolute atomic E-state index is 0.0230. The molecule has 1 rings (SSSR count). The van der Waals surface area contributed by atoms with Crippen molar-refractivity contribution in [3.63, 3.8) is 0 Å². The smallest absolute Gasteiger partial charge is 0.331 e. The predicted octanol–water partition coefficient (Wildman–Crippen LogP) is 1.59. The number of carbonyl (C=O) groups is 1. The molecule has 1 fully saturated rings. The summed E-state index contributed by atoms with van der Waals surface area (Å²) in [6.07, 6.45) is 4.89. The van der Waals surface area contributed by atoms with Crippen LogP contribution in [0.25, 0.3) is 0 Å². The highest BCUT2D eigenvalue weighted by molar-refractivity contribution is 5.85.